The van der Waals surface area contributed by atoms with Crippen LogP contribution in [-0.4, -0.2) is 25.0 Å². The lowest BCUT2D eigenvalue weighted by atomic mass is 9.93. The average Bonchev–Trinajstić information content (AvgIpc) is 2.98. The molecule has 1 aliphatic carbocycles. The van der Waals surface area contributed by atoms with E-state index in [1.807, 2.05) is 13.8 Å². The van der Waals surface area contributed by atoms with Gasteiger partial charge in [0, 0.05) is 12.0 Å². The van der Waals surface area contributed by atoms with E-state index < -0.39 is 0 Å². The zero-order chi connectivity index (χ0) is 10.8. The molecule has 0 bridgehead atoms. The van der Waals surface area contributed by atoms with Crippen LogP contribution in [-0.2, 0) is 4.79 Å². The van der Waals surface area contributed by atoms with Crippen LogP contribution in [0.3, 0.4) is 0 Å². The second kappa shape index (κ2) is 4.52. The molecule has 0 aromatic carbocycles. The van der Waals surface area contributed by atoms with Crippen LogP contribution in [0.15, 0.2) is 0 Å². The molecule has 3 heteroatoms. The molecule has 0 radical (unpaired) electrons. The number of piperidine rings is 1. The number of rotatable bonds is 3. The van der Waals surface area contributed by atoms with Crippen molar-refractivity contribution >= 4 is 5.91 Å². The molecule has 1 aliphatic heterocycles. The monoisotopic (exact) mass is 210 g/mol. The predicted molar refractivity (Wildman–Crippen MR) is 60.5 cm³/mol. The van der Waals surface area contributed by atoms with Crippen LogP contribution in [0.4, 0.5) is 0 Å². The third-order valence-corrected chi connectivity index (χ3v) is 3.68. The Labute approximate surface area is 92.0 Å². The molecular formula is C12H22N2O. The van der Waals surface area contributed by atoms with Gasteiger partial charge in [0.15, 0.2) is 0 Å². The molecule has 86 valence electrons. The van der Waals surface area contributed by atoms with Crippen molar-refractivity contribution in [3.63, 3.8) is 0 Å². The van der Waals surface area contributed by atoms with Crippen LogP contribution in [0.5, 0.6) is 0 Å². The van der Waals surface area contributed by atoms with Crippen LogP contribution in [0.1, 0.15) is 33.1 Å². The van der Waals surface area contributed by atoms with Gasteiger partial charge in [-0.2, -0.15) is 0 Å². The molecule has 2 atom stereocenters. The molecule has 2 N–H and O–H groups in total. The summed E-state index contributed by atoms with van der Waals surface area (Å²) in [6, 6.07) is 0.489. The number of hydrogen-bond acceptors (Lipinski definition) is 2. The average molecular weight is 210 g/mol. The lowest BCUT2D eigenvalue weighted by Gasteiger charge is -2.22. The molecule has 1 heterocycles. The molecule has 0 spiro atoms. The predicted octanol–water partition coefficient (Wildman–Crippen LogP) is 1.15. The summed E-state index contributed by atoms with van der Waals surface area (Å²) < 4.78 is 0. The topological polar surface area (TPSA) is 41.1 Å². The normalized spacial score (nSPS) is 31.7. The summed E-state index contributed by atoms with van der Waals surface area (Å²) in [7, 11) is 0. The Bertz CT molecular complexity index is 234. The van der Waals surface area contributed by atoms with Crippen LogP contribution < -0.4 is 10.6 Å². The van der Waals surface area contributed by atoms with Gasteiger partial charge in [0.1, 0.15) is 0 Å². The minimum Gasteiger partial charge on any atom is -0.353 e. The van der Waals surface area contributed by atoms with Gasteiger partial charge in [-0.15, -0.1) is 0 Å². The Balaban J connectivity index is 1.73. The van der Waals surface area contributed by atoms with E-state index in [2.05, 4.69) is 10.6 Å². The zero-order valence-corrected chi connectivity index (χ0v) is 9.75. The molecular weight excluding hydrogens is 188 g/mol. The molecule has 0 unspecified atom stereocenters. The van der Waals surface area contributed by atoms with Crippen LogP contribution in [0, 0.1) is 17.8 Å². The van der Waals surface area contributed by atoms with Gasteiger partial charge in [0.05, 0.1) is 0 Å². The van der Waals surface area contributed by atoms with Crippen LogP contribution >= 0.6 is 0 Å². The molecule has 0 aromatic heterocycles. The number of hydrogen-bond donors (Lipinski definition) is 2. The fraction of sp³-hybridized carbons (Fsp3) is 0.917. The summed E-state index contributed by atoms with van der Waals surface area (Å²) in [6.07, 6.45) is 3.79. The largest absolute Gasteiger partial charge is 0.353 e. The first-order valence-corrected chi connectivity index (χ1v) is 6.19. The van der Waals surface area contributed by atoms with Crippen molar-refractivity contribution in [2.24, 2.45) is 17.8 Å². The fourth-order valence-electron chi connectivity index (χ4n) is 2.52. The summed E-state index contributed by atoms with van der Waals surface area (Å²) >= 11 is 0. The van der Waals surface area contributed by atoms with E-state index in [0.29, 0.717) is 6.04 Å². The lowest BCUT2D eigenvalue weighted by molar-refractivity contribution is -0.124. The first kappa shape index (κ1) is 10.9. The Hall–Kier alpha value is -0.570. The summed E-state index contributed by atoms with van der Waals surface area (Å²) in [5, 5.41) is 6.53. The third-order valence-electron chi connectivity index (χ3n) is 3.68. The maximum absolute atomic E-state index is 11.5. The quantitative estimate of drug-likeness (QED) is 0.733. The minimum absolute atomic E-state index is 0.124. The van der Waals surface area contributed by atoms with Crippen molar-refractivity contribution in [1.82, 2.24) is 10.6 Å². The number of nitrogens with one attached hydrogen (secondary N) is 2. The van der Waals surface area contributed by atoms with Crippen molar-refractivity contribution in [3.8, 4) is 0 Å². The van der Waals surface area contributed by atoms with Crippen LogP contribution in [0.25, 0.3) is 0 Å². The highest BCUT2D eigenvalue weighted by atomic mass is 16.1. The second-order valence-electron chi connectivity index (χ2n) is 5.26. The third kappa shape index (κ3) is 2.71. The summed E-state index contributed by atoms with van der Waals surface area (Å²) in [4.78, 5) is 11.5. The molecule has 1 saturated heterocycles. The highest BCUT2D eigenvalue weighted by molar-refractivity contribution is 5.78. The van der Waals surface area contributed by atoms with E-state index in [4.69, 9.17) is 0 Å². The van der Waals surface area contributed by atoms with Gasteiger partial charge in [-0.05, 0) is 44.2 Å². The van der Waals surface area contributed by atoms with E-state index in [9.17, 15) is 4.79 Å². The molecule has 0 aromatic rings. The molecule has 1 amide bonds. The van der Waals surface area contributed by atoms with Crippen molar-refractivity contribution in [2.75, 3.05) is 13.1 Å². The van der Waals surface area contributed by atoms with Gasteiger partial charge in [0.2, 0.25) is 5.91 Å². The SMILES string of the molecule is CC(C)C(=O)N[C@@H]1C[C@H]1C1CCNCC1. The summed E-state index contributed by atoms with van der Waals surface area (Å²) in [6.45, 7) is 6.23. The smallest absolute Gasteiger partial charge is 0.222 e. The Morgan fingerprint density at radius 3 is 2.60 bits per heavy atom. The van der Waals surface area contributed by atoms with Gasteiger partial charge in [-0.1, -0.05) is 13.8 Å². The summed E-state index contributed by atoms with van der Waals surface area (Å²) in [5.41, 5.74) is 0. The molecule has 15 heavy (non-hydrogen) atoms. The maximum atomic E-state index is 11.5. The Morgan fingerprint density at radius 2 is 2.00 bits per heavy atom. The van der Waals surface area contributed by atoms with Crippen molar-refractivity contribution in [3.05, 3.63) is 0 Å². The first-order valence-electron chi connectivity index (χ1n) is 6.19. The van der Waals surface area contributed by atoms with E-state index >= 15 is 0 Å². The van der Waals surface area contributed by atoms with Gasteiger partial charge < -0.3 is 10.6 Å². The number of carbonyl (C=O) groups is 1. The summed E-state index contributed by atoms with van der Waals surface area (Å²) in [5.74, 6) is 1.97. The van der Waals surface area contributed by atoms with E-state index in [0.717, 1.165) is 24.9 Å². The Kier molecular flexibility index (Phi) is 3.29. The van der Waals surface area contributed by atoms with Gasteiger partial charge in [-0.3, -0.25) is 4.79 Å². The van der Waals surface area contributed by atoms with Gasteiger partial charge in [-0.25, -0.2) is 0 Å². The standard InChI is InChI=1S/C12H22N2O/c1-8(2)12(15)14-11-7-10(11)9-3-5-13-6-4-9/h8-11,13H,3-7H2,1-2H3,(H,14,15)/t10-,11+/m0/s1. The molecule has 1 saturated carbocycles. The maximum Gasteiger partial charge on any atom is 0.222 e. The van der Waals surface area contributed by atoms with Crippen molar-refractivity contribution < 1.29 is 4.79 Å². The minimum atomic E-state index is 0.124. The first-order chi connectivity index (χ1) is 7.18. The number of amides is 1. The van der Waals surface area contributed by atoms with Crippen molar-refractivity contribution in [1.29, 1.82) is 0 Å². The molecule has 2 rings (SSSR count). The highest BCUT2D eigenvalue weighted by Gasteiger charge is 2.43. The fourth-order valence-corrected chi connectivity index (χ4v) is 2.52. The molecule has 3 nitrogen and oxygen atoms in total. The highest BCUT2D eigenvalue weighted by Crippen LogP contribution is 2.41. The Morgan fingerprint density at radius 1 is 1.33 bits per heavy atom. The van der Waals surface area contributed by atoms with Crippen LogP contribution in [0.2, 0.25) is 0 Å². The second-order valence-corrected chi connectivity index (χ2v) is 5.26. The van der Waals surface area contributed by atoms with E-state index in [1.54, 1.807) is 0 Å². The van der Waals surface area contributed by atoms with E-state index in [1.165, 1.54) is 19.3 Å². The lowest BCUT2D eigenvalue weighted by Crippen LogP contribution is -2.34. The molecule has 2 aliphatic rings. The zero-order valence-electron chi connectivity index (χ0n) is 9.75. The number of carbonyl (C=O) groups excluding carboxylic acids is 1. The van der Waals surface area contributed by atoms with Crippen molar-refractivity contribution in [2.45, 2.75) is 39.2 Å². The molecule has 2 fully saturated rings. The van der Waals surface area contributed by atoms with Gasteiger partial charge >= 0.3 is 0 Å². The van der Waals surface area contributed by atoms with E-state index in [-0.39, 0.29) is 11.8 Å². The van der Waals surface area contributed by atoms with Gasteiger partial charge in [0.25, 0.3) is 0 Å².